The molecule has 0 aliphatic carbocycles. The average molecular weight is 549 g/mol. The Hall–Kier alpha value is -5.19. The van der Waals surface area contributed by atoms with Gasteiger partial charge in [0.25, 0.3) is 0 Å². The van der Waals surface area contributed by atoms with E-state index < -0.39 is 0 Å². The molecule has 0 aliphatic heterocycles. The lowest BCUT2D eigenvalue weighted by Crippen LogP contribution is -1.98. The third kappa shape index (κ3) is 4.75. The van der Waals surface area contributed by atoms with Crippen LogP contribution in [0.2, 0.25) is 5.02 Å². The molecule has 0 unspecified atom stereocenters. The minimum atomic E-state index is 0.702. The largest absolute Gasteiger partial charge is 0.323 e. The second kappa shape index (κ2) is 10.8. The van der Waals surface area contributed by atoms with Crippen molar-refractivity contribution < 1.29 is 0 Å². The van der Waals surface area contributed by atoms with Gasteiger partial charge in [-0.1, -0.05) is 145 Å². The minimum absolute atomic E-state index is 0.702. The zero-order valence-corrected chi connectivity index (χ0v) is 22.8. The molecule has 7 rings (SSSR count). The summed E-state index contributed by atoms with van der Waals surface area (Å²) in [6.45, 7) is 0. The monoisotopic (exact) mass is 548 g/mol. The molecule has 5 heteroatoms. The van der Waals surface area contributed by atoms with E-state index in [1.165, 1.54) is 0 Å². The summed E-state index contributed by atoms with van der Waals surface area (Å²) in [6.07, 6.45) is 1.85. The summed E-state index contributed by atoms with van der Waals surface area (Å²) < 4.78 is 2.05. The first kappa shape index (κ1) is 24.8. The summed E-state index contributed by atoms with van der Waals surface area (Å²) in [7, 11) is 0. The van der Waals surface area contributed by atoms with E-state index in [2.05, 4.69) is 65.6 Å². The van der Waals surface area contributed by atoms with Gasteiger partial charge in [-0.25, -0.2) is 9.97 Å². The average Bonchev–Trinajstić information content (AvgIpc) is 3.68. The van der Waals surface area contributed by atoms with Gasteiger partial charge in [0.2, 0.25) is 5.95 Å². The predicted molar refractivity (Wildman–Crippen MR) is 168 cm³/mol. The maximum absolute atomic E-state index is 6.47. The van der Waals surface area contributed by atoms with Crippen molar-refractivity contribution in [1.82, 2.24) is 19.5 Å². The summed E-state index contributed by atoms with van der Waals surface area (Å²) in [4.78, 5) is 13.7. The Kier molecular flexibility index (Phi) is 6.51. The quantitative estimate of drug-likeness (QED) is 0.225. The van der Waals surface area contributed by atoms with Crippen molar-refractivity contribution in [3.8, 4) is 62.1 Å². The summed E-state index contributed by atoms with van der Waals surface area (Å²) in [5, 5.41) is 0.732. The molecule has 0 atom stereocenters. The van der Waals surface area contributed by atoms with Crippen LogP contribution in [0.1, 0.15) is 0 Å². The van der Waals surface area contributed by atoms with Gasteiger partial charge in [0, 0.05) is 32.8 Å². The van der Waals surface area contributed by atoms with Crippen molar-refractivity contribution in [2.75, 3.05) is 0 Å². The molecule has 5 aromatic carbocycles. The van der Waals surface area contributed by atoms with Crippen molar-refractivity contribution in [3.05, 3.63) is 151 Å². The van der Waals surface area contributed by atoms with Crippen LogP contribution in [0.3, 0.4) is 0 Å². The van der Waals surface area contributed by atoms with E-state index in [-0.39, 0.29) is 0 Å². The number of halogens is 1. The fourth-order valence-electron chi connectivity index (χ4n) is 5.19. The Labute approximate surface area is 243 Å². The van der Waals surface area contributed by atoms with Crippen molar-refractivity contribution in [2.45, 2.75) is 0 Å². The smallest absolute Gasteiger partial charge is 0.214 e. The number of nitrogens with one attached hydrogen (secondary N) is 1. The number of H-pyrrole nitrogens is 1. The molecule has 0 spiro atoms. The number of hydrogen-bond donors (Lipinski definition) is 1. The zero-order valence-electron chi connectivity index (χ0n) is 22.1. The summed E-state index contributed by atoms with van der Waals surface area (Å²) >= 11 is 6.47. The van der Waals surface area contributed by atoms with Gasteiger partial charge in [0.05, 0.1) is 22.8 Å². The first-order valence-corrected chi connectivity index (χ1v) is 13.8. The molecule has 0 amide bonds. The van der Waals surface area contributed by atoms with Crippen molar-refractivity contribution >= 4 is 11.6 Å². The maximum atomic E-state index is 6.47. The predicted octanol–water partition coefficient (Wildman–Crippen LogP) is 9.58. The Morgan fingerprint density at radius 3 is 1.71 bits per heavy atom. The number of imidazole rings is 2. The molecule has 0 aliphatic rings. The molecule has 0 saturated heterocycles. The Morgan fingerprint density at radius 2 is 1.05 bits per heavy atom. The summed E-state index contributed by atoms with van der Waals surface area (Å²) in [6, 6.07) is 47.2. The van der Waals surface area contributed by atoms with E-state index in [1.807, 2.05) is 89.8 Å². The van der Waals surface area contributed by atoms with Gasteiger partial charge in [-0.15, -0.1) is 0 Å². The van der Waals surface area contributed by atoms with Gasteiger partial charge >= 0.3 is 0 Å². The highest BCUT2D eigenvalue weighted by molar-refractivity contribution is 6.33. The van der Waals surface area contributed by atoms with E-state index in [0.717, 1.165) is 61.2 Å². The lowest BCUT2D eigenvalue weighted by molar-refractivity contribution is 0.968. The lowest BCUT2D eigenvalue weighted by Gasteiger charge is -2.10. The lowest BCUT2D eigenvalue weighted by atomic mass is 10.0. The van der Waals surface area contributed by atoms with E-state index >= 15 is 0 Å². The molecular formula is C36H25ClN4. The summed E-state index contributed by atoms with van der Waals surface area (Å²) in [5.74, 6) is 0.702. The molecule has 41 heavy (non-hydrogen) atoms. The zero-order chi connectivity index (χ0) is 27.6. The van der Waals surface area contributed by atoms with Gasteiger partial charge in [-0.2, -0.15) is 0 Å². The third-order valence-electron chi connectivity index (χ3n) is 7.19. The molecule has 4 nitrogen and oxygen atoms in total. The fourth-order valence-corrected chi connectivity index (χ4v) is 5.43. The normalized spacial score (nSPS) is 11.0. The first-order chi connectivity index (χ1) is 20.3. The van der Waals surface area contributed by atoms with E-state index in [4.69, 9.17) is 21.6 Å². The van der Waals surface area contributed by atoms with Crippen LogP contribution < -0.4 is 0 Å². The maximum Gasteiger partial charge on any atom is 0.214 e. The fraction of sp³-hybridized carbons (Fsp3) is 0. The van der Waals surface area contributed by atoms with Gasteiger partial charge in [-0.05, 0) is 11.6 Å². The van der Waals surface area contributed by atoms with Crippen LogP contribution in [0, 0.1) is 0 Å². The number of aromatic nitrogens is 4. The van der Waals surface area contributed by atoms with Gasteiger partial charge in [0.15, 0.2) is 0 Å². The highest BCUT2D eigenvalue weighted by Gasteiger charge is 2.21. The molecule has 0 fully saturated rings. The van der Waals surface area contributed by atoms with Gasteiger partial charge in [-0.3, -0.25) is 4.57 Å². The van der Waals surface area contributed by atoms with Gasteiger partial charge in [0.1, 0.15) is 6.33 Å². The molecule has 2 aromatic heterocycles. The van der Waals surface area contributed by atoms with Crippen LogP contribution in [-0.4, -0.2) is 19.5 Å². The molecule has 0 radical (unpaired) electrons. The number of benzene rings is 5. The standard InChI is InChI=1S/C36H25ClN4/c37-31-19-11-10-18-30(31)25-20-22-28(23-21-25)34-35(29-16-8-3-9-17-29)41(24-38-34)36-39-32(26-12-4-1-5-13-26)33(40-36)27-14-6-2-7-15-27/h1-24H,(H,39,40). The molecule has 0 saturated carbocycles. The molecule has 7 aromatic rings. The first-order valence-electron chi connectivity index (χ1n) is 13.5. The van der Waals surface area contributed by atoms with Crippen LogP contribution in [0.5, 0.6) is 0 Å². The topological polar surface area (TPSA) is 46.5 Å². The SMILES string of the molecule is Clc1ccccc1-c1ccc(-c2ncn(-c3nc(-c4ccccc4)c(-c4ccccc4)[nH]3)c2-c2ccccc2)cc1. The third-order valence-corrected chi connectivity index (χ3v) is 7.52. The molecule has 1 N–H and O–H groups in total. The van der Waals surface area contributed by atoms with Crippen molar-refractivity contribution in [1.29, 1.82) is 0 Å². The van der Waals surface area contributed by atoms with Crippen molar-refractivity contribution in [3.63, 3.8) is 0 Å². The van der Waals surface area contributed by atoms with Crippen LogP contribution in [0.4, 0.5) is 0 Å². The van der Waals surface area contributed by atoms with Crippen LogP contribution in [0.25, 0.3) is 62.1 Å². The number of nitrogens with zero attached hydrogens (tertiary/aromatic N) is 3. The van der Waals surface area contributed by atoms with Crippen LogP contribution >= 0.6 is 11.6 Å². The minimum Gasteiger partial charge on any atom is -0.323 e. The molecule has 196 valence electrons. The molecule has 0 bridgehead atoms. The van der Waals surface area contributed by atoms with Crippen LogP contribution in [-0.2, 0) is 0 Å². The van der Waals surface area contributed by atoms with Crippen LogP contribution in [0.15, 0.2) is 146 Å². The highest BCUT2D eigenvalue weighted by Crippen LogP contribution is 2.37. The van der Waals surface area contributed by atoms with E-state index in [9.17, 15) is 0 Å². The Morgan fingerprint density at radius 1 is 0.512 bits per heavy atom. The Bertz CT molecular complexity index is 1870. The number of aromatic amines is 1. The second-order valence-corrected chi connectivity index (χ2v) is 10.2. The van der Waals surface area contributed by atoms with Gasteiger partial charge < -0.3 is 4.98 Å². The van der Waals surface area contributed by atoms with E-state index in [1.54, 1.807) is 0 Å². The number of rotatable bonds is 6. The second-order valence-electron chi connectivity index (χ2n) is 9.75. The molecule has 2 heterocycles. The summed E-state index contributed by atoms with van der Waals surface area (Å²) in [5.41, 5.74) is 9.94. The molecular weight excluding hydrogens is 524 g/mol. The number of hydrogen-bond acceptors (Lipinski definition) is 2. The van der Waals surface area contributed by atoms with Crippen molar-refractivity contribution in [2.24, 2.45) is 0 Å². The van der Waals surface area contributed by atoms with E-state index in [0.29, 0.717) is 5.95 Å². The Balaban J connectivity index is 1.38. The highest BCUT2D eigenvalue weighted by atomic mass is 35.5.